The summed E-state index contributed by atoms with van der Waals surface area (Å²) in [6.07, 6.45) is 0.836. The molecule has 116 valence electrons. The summed E-state index contributed by atoms with van der Waals surface area (Å²) in [7, 11) is 0. The first-order valence-corrected chi connectivity index (χ1v) is 8.17. The maximum Gasteiger partial charge on any atom is 0.273 e. The van der Waals surface area contributed by atoms with E-state index in [2.05, 4.69) is 11.9 Å². The number of carbonyl (C=O) groups excluding carboxylic acids is 1. The average molecular weight is 319 g/mol. The van der Waals surface area contributed by atoms with Gasteiger partial charge in [0, 0.05) is 18.5 Å². The first-order valence-electron chi connectivity index (χ1n) is 7.29. The highest BCUT2D eigenvalue weighted by molar-refractivity contribution is 7.09. The van der Waals surface area contributed by atoms with E-state index in [0.717, 1.165) is 17.0 Å². The Labute approximate surface area is 132 Å². The molecule has 0 spiro atoms. The molecule has 6 heteroatoms. The van der Waals surface area contributed by atoms with Crippen molar-refractivity contribution in [3.8, 4) is 0 Å². The van der Waals surface area contributed by atoms with Gasteiger partial charge in [-0.2, -0.15) is 0 Å². The molecule has 1 amide bonds. The molecule has 3 rings (SSSR count). The SMILES string of the molecule is C[C@@H]1C[C@@H](c2cccc(F)c2)N(C(=O)c2csc(CN)n2)C1. The summed E-state index contributed by atoms with van der Waals surface area (Å²) >= 11 is 1.39. The summed E-state index contributed by atoms with van der Waals surface area (Å²) in [4.78, 5) is 18.8. The van der Waals surface area contributed by atoms with Gasteiger partial charge >= 0.3 is 0 Å². The number of hydrogen-bond donors (Lipinski definition) is 1. The van der Waals surface area contributed by atoms with E-state index in [-0.39, 0.29) is 17.8 Å². The van der Waals surface area contributed by atoms with Crippen LogP contribution in [0.1, 0.15) is 40.4 Å². The third-order valence-electron chi connectivity index (χ3n) is 3.95. The topological polar surface area (TPSA) is 59.2 Å². The van der Waals surface area contributed by atoms with E-state index in [1.54, 1.807) is 16.3 Å². The zero-order chi connectivity index (χ0) is 15.7. The van der Waals surface area contributed by atoms with Gasteiger partial charge < -0.3 is 10.6 Å². The van der Waals surface area contributed by atoms with Crippen molar-refractivity contribution in [2.45, 2.75) is 25.9 Å². The number of hydrogen-bond acceptors (Lipinski definition) is 4. The van der Waals surface area contributed by atoms with E-state index in [1.807, 2.05) is 6.07 Å². The quantitative estimate of drug-likeness (QED) is 0.946. The van der Waals surface area contributed by atoms with Crippen LogP contribution in [0.25, 0.3) is 0 Å². The van der Waals surface area contributed by atoms with Gasteiger partial charge in [0.1, 0.15) is 16.5 Å². The lowest BCUT2D eigenvalue weighted by Gasteiger charge is -2.24. The molecule has 0 bridgehead atoms. The fourth-order valence-electron chi connectivity index (χ4n) is 2.95. The van der Waals surface area contributed by atoms with E-state index in [9.17, 15) is 9.18 Å². The molecule has 1 aliphatic rings. The second-order valence-corrected chi connectivity index (χ2v) is 6.64. The summed E-state index contributed by atoms with van der Waals surface area (Å²) in [5.41, 5.74) is 6.83. The zero-order valence-electron chi connectivity index (χ0n) is 12.3. The number of halogens is 1. The highest BCUT2D eigenvalue weighted by Gasteiger charge is 2.35. The summed E-state index contributed by atoms with van der Waals surface area (Å²) in [6.45, 7) is 3.10. The minimum Gasteiger partial charge on any atom is -0.330 e. The summed E-state index contributed by atoms with van der Waals surface area (Å²) in [5.74, 6) is 0.00271. The van der Waals surface area contributed by atoms with Gasteiger partial charge in [0.25, 0.3) is 5.91 Å². The predicted octanol–water partition coefficient (Wildman–Crippen LogP) is 2.96. The van der Waals surface area contributed by atoms with Crippen LogP contribution in [0.2, 0.25) is 0 Å². The summed E-state index contributed by atoms with van der Waals surface area (Å²) in [6, 6.07) is 6.39. The molecule has 22 heavy (non-hydrogen) atoms. The molecule has 4 nitrogen and oxygen atoms in total. The number of benzene rings is 1. The highest BCUT2D eigenvalue weighted by Crippen LogP contribution is 2.36. The number of rotatable bonds is 3. The van der Waals surface area contributed by atoms with Crippen LogP contribution in [-0.2, 0) is 6.54 Å². The van der Waals surface area contributed by atoms with Crippen LogP contribution in [0.4, 0.5) is 4.39 Å². The second kappa shape index (κ2) is 6.14. The lowest BCUT2D eigenvalue weighted by Crippen LogP contribution is -2.31. The van der Waals surface area contributed by atoms with Crippen molar-refractivity contribution in [2.75, 3.05) is 6.54 Å². The number of carbonyl (C=O) groups is 1. The van der Waals surface area contributed by atoms with Gasteiger partial charge in [0.2, 0.25) is 0 Å². The number of nitrogens with two attached hydrogens (primary N) is 1. The van der Waals surface area contributed by atoms with Crippen LogP contribution < -0.4 is 5.73 Å². The van der Waals surface area contributed by atoms with Crippen molar-refractivity contribution in [1.29, 1.82) is 0 Å². The molecule has 1 aromatic carbocycles. The Kier molecular flexibility index (Phi) is 4.22. The number of amides is 1. The Balaban J connectivity index is 1.88. The van der Waals surface area contributed by atoms with Crippen molar-refractivity contribution < 1.29 is 9.18 Å². The number of likely N-dealkylation sites (tertiary alicyclic amines) is 1. The molecule has 1 aliphatic heterocycles. The molecule has 1 saturated heterocycles. The van der Waals surface area contributed by atoms with Crippen molar-refractivity contribution in [3.05, 3.63) is 51.7 Å². The van der Waals surface area contributed by atoms with Crippen molar-refractivity contribution in [2.24, 2.45) is 11.7 Å². The van der Waals surface area contributed by atoms with E-state index in [0.29, 0.717) is 24.7 Å². The molecule has 1 fully saturated rings. The van der Waals surface area contributed by atoms with Crippen LogP contribution in [0.5, 0.6) is 0 Å². The Morgan fingerprint density at radius 1 is 1.55 bits per heavy atom. The molecule has 2 atom stereocenters. The van der Waals surface area contributed by atoms with E-state index >= 15 is 0 Å². The lowest BCUT2D eigenvalue weighted by molar-refractivity contribution is 0.0726. The zero-order valence-corrected chi connectivity index (χ0v) is 13.1. The van der Waals surface area contributed by atoms with Crippen molar-refractivity contribution in [3.63, 3.8) is 0 Å². The smallest absolute Gasteiger partial charge is 0.273 e. The molecular weight excluding hydrogens is 301 g/mol. The van der Waals surface area contributed by atoms with Crippen LogP contribution in [0.15, 0.2) is 29.6 Å². The predicted molar refractivity (Wildman–Crippen MR) is 84.0 cm³/mol. The Morgan fingerprint density at radius 2 is 2.36 bits per heavy atom. The molecule has 0 aliphatic carbocycles. The maximum absolute atomic E-state index is 13.5. The number of thiazole rings is 1. The largest absolute Gasteiger partial charge is 0.330 e. The van der Waals surface area contributed by atoms with Gasteiger partial charge in [0.15, 0.2) is 0 Å². The molecule has 2 heterocycles. The standard InChI is InChI=1S/C16H18FN3OS/c1-10-5-14(11-3-2-4-12(17)6-11)20(8-10)16(21)13-9-22-15(7-18)19-13/h2-4,6,9-10,14H,5,7-8,18H2,1H3/t10-,14+/m1/s1. The van der Waals surface area contributed by atoms with Crippen molar-refractivity contribution in [1.82, 2.24) is 9.88 Å². The summed E-state index contributed by atoms with van der Waals surface area (Å²) < 4.78 is 13.5. The Bertz CT molecular complexity index is 688. The molecule has 2 aromatic rings. The molecular formula is C16H18FN3OS. The van der Waals surface area contributed by atoms with E-state index < -0.39 is 0 Å². The average Bonchev–Trinajstić information content (AvgIpc) is 3.13. The first kappa shape index (κ1) is 15.1. The van der Waals surface area contributed by atoms with Gasteiger partial charge in [-0.05, 0) is 30.0 Å². The normalized spacial score (nSPS) is 21.3. The van der Waals surface area contributed by atoms with Gasteiger partial charge in [0.05, 0.1) is 6.04 Å². The second-order valence-electron chi connectivity index (χ2n) is 5.70. The van der Waals surface area contributed by atoms with Crippen LogP contribution in [0, 0.1) is 11.7 Å². The summed E-state index contributed by atoms with van der Waals surface area (Å²) in [5, 5.41) is 2.49. The molecule has 0 unspecified atom stereocenters. The monoisotopic (exact) mass is 319 g/mol. The van der Waals surface area contributed by atoms with Gasteiger partial charge in [-0.15, -0.1) is 11.3 Å². The lowest BCUT2D eigenvalue weighted by atomic mass is 10.0. The van der Waals surface area contributed by atoms with E-state index in [1.165, 1.54) is 23.5 Å². The highest BCUT2D eigenvalue weighted by atomic mass is 32.1. The van der Waals surface area contributed by atoms with Gasteiger partial charge in [-0.25, -0.2) is 9.37 Å². The van der Waals surface area contributed by atoms with E-state index in [4.69, 9.17) is 5.73 Å². The van der Waals surface area contributed by atoms with Crippen LogP contribution >= 0.6 is 11.3 Å². The fourth-order valence-corrected chi connectivity index (χ4v) is 3.60. The number of nitrogens with zero attached hydrogens (tertiary/aromatic N) is 2. The molecule has 0 saturated carbocycles. The third kappa shape index (κ3) is 2.89. The van der Waals surface area contributed by atoms with Gasteiger partial charge in [-0.1, -0.05) is 19.1 Å². The van der Waals surface area contributed by atoms with Gasteiger partial charge in [-0.3, -0.25) is 4.79 Å². The molecule has 2 N–H and O–H groups in total. The Morgan fingerprint density at radius 3 is 3.05 bits per heavy atom. The minimum absolute atomic E-state index is 0.0961. The molecule has 1 aromatic heterocycles. The van der Waals surface area contributed by atoms with Crippen LogP contribution in [0.3, 0.4) is 0 Å². The Hall–Kier alpha value is -1.79. The first-order chi connectivity index (χ1) is 10.6. The third-order valence-corrected chi connectivity index (χ3v) is 4.82. The fraction of sp³-hybridized carbons (Fsp3) is 0.375. The number of aromatic nitrogens is 1. The minimum atomic E-state index is -0.275. The van der Waals surface area contributed by atoms with Crippen LogP contribution in [-0.4, -0.2) is 22.3 Å². The van der Waals surface area contributed by atoms with Crippen molar-refractivity contribution >= 4 is 17.2 Å². The molecule has 0 radical (unpaired) electrons. The maximum atomic E-state index is 13.5.